The van der Waals surface area contributed by atoms with Crippen molar-refractivity contribution in [1.82, 2.24) is 4.90 Å². The third-order valence-electron chi connectivity index (χ3n) is 3.36. The van der Waals surface area contributed by atoms with Gasteiger partial charge in [-0.3, -0.25) is 14.9 Å². The van der Waals surface area contributed by atoms with E-state index < -0.39 is 4.92 Å². The topological polar surface area (TPSA) is 75.5 Å². The van der Waals surface area contributed by atoms with Gasteiger partial charge >= 0.3 is 0 Å². The molecule has 0 unspecified atom stereocenters. The lowest BCUT2D eigenvalue weighted by Crippen LogP contribution is -2.10. The molecule has 2 aromatic rings. The summed E-state index contributed by atoms with van der Waals surface area (Å²) in [5, 5.41) is 14.1. The first-order valence-electron chi connectivity index (χ1n) is 7.19. The number of nitrogens with one attached hydrogen (secondary N) is 1. The van der Waals surface area contributed by atoms with Gasteiger partial charge in [0.25, 0.3) is 5.69 Å². The van der Waals surface area contributed by atoms with Gasteiger partial charge in [-0.1, -0.05) is 24.3 Å². The third kappa shape index (κ3) is 4.62. The van der Waals surface area contributed by atoms with Crippen LogP contribution in [0.15, 0.2) is 42.5 Å². The smallest absolute Gasteiger partial charge is 0.293 e. The number of rotatable bonds is 7. The summed E-state index contributed by atoms with van der Waals surface area (Å²) in [4.78, 5) is 23.4. The number of hydrogen-bond donors (Lipinski definition) is 1. The summed E-state index contributed by atoms with van der Waals surface area (Å²) in [5.74, 6) is 0. The summed E-state index contributed by atoms with van der Waals surface area (Å²) in [5.41, 5.74) is 2.83. The van der Waals surface area contributed by atoms with Gasteiger partial charge in [0.15, 0.2) is 0 Å². The molecule has 0 amide bonds. The van der Waals surface area contributed by atoms with E-state index in [-0.39, 0.29) is 11.3 Å². The molecule has 0 spiro atoms. The van der Waals surface area contributed by atoms with Gasteiger partial charge in [0.05, 0.1) is 4.92 Å². The fraction of sp³-hybridized carbons (Fsp3) is 0.235. The molecule has 6 heteroatoms. The maximum atomic E-state index is 11.1. The quantitative estimate of drug-likeness (QED) is 0.483. The summed E-state index contributed by atoms with van der Waals surface area (Å²) >= 11 is 0. The Kier molecular flexibility index (Phi) is 5.43. The van der Waals surface area contributed by atoms with Crippen LogP contribution in [0.2, 0.25) is 0 Å². The van der Waals surface area contributed by atoms with Crippen molar-refractivity contribution in [3.05, 3.63) is 69.3 Å². The molecule has 2 aromatic carbocycles. The van der Waals surface area contributed by atoms with E-state index in [1.54, 1.807) is 12.1 Å². The first kappa shape index (κ1) is 16.6. The van der Waals surface area contributed by atoms with Crippen LogP contribution in [-0.2, 0) is 13.1 Å². The van der Waals surface area contributed by atoms with Crippen molar-refractivity contribution in [3.63, 3.8) is 0 Å². The van der Waals surface area contributed by atoms with Crippen LogP contribution >= 0.6 is 0 Å². The second-order valence-corrected chi connectivity index (χ2v) is 5.56. The SMILES string of the molecule is CN(C)Cc1ccc(CNc2ccc(C=O)cc2[N+](=O)[O-])cc1. The number of nitrogens with zero attached hydrogens (tertiary/aromatic N) is 2. The maximum absolute atomic E-state index is 11.1. The van der Waals surface area contributed by atoms with E-state index in [0.717, 1.165) is 12.1 Å². The van der Waals surface area contributed by atoms with Gasteiger partial charge in [-0.15, -0.1) is 0 Å². The number of nitro groups is 1. The standard InChI is InChI=1S/C17H19N3O3/c1-19(2)11-14-5-3-13(4-6-14)10-18-16-8-7-15(12-21)9-17(16)20(22)23/h3-9,12,18H,10-11H2,1-2H3. The summed E-state index contributed by atoms with van der Waals surface area (Å²) in [6.45, 7) is 1.34. The average molecular weight is 313 g/mol. The van der Waals surface area contributed by atoms with Crippen molar-refractivity contribution in [2.75, 3.05) is 19.4 Å². The molecule has 0 saturated carbocycles. The van der Waals surface area contributed by atoms with Crippen LogP contribution in [0.5, 0.6) is 0 Å². The zero-order chi connectivity index (χ0) is 16.8. The minimum Gasteiger partial charge on any atom is -0.375 e. The summed E-state index contributed by atoms with van der Waals surface area (Å²) in [6.07, 6.45) is 0.597. The minimum atomic E-state index is -0.491. The predicted molar refractivity (Wildman–Crippen MR) is 89.6 cm³/mol. The Balaban J connectivity index is 2.08. The van der Waals surface area contributed by atoms with E-state index in [9.17, 15) is 14.9 Å². The molecule has 1 N–H and O–H groups in total. The van der Waals surface area contributed by atoms with Crippen molar-refractivity contribution >= 4 is 17.7 Å². The molecule has 0 fully saturated rings. The van der Waals surface area contributed by atoms with Crippen LogP contribution in [0.4, 0.5) is 11.4 Å². The first-order chi connectivity index (χ1) is 11.0. The summed E-state index contributed by atoms with van der Waals surface area (Å²) < 4.78 is 0. The maximum Gasteiger partial charge on any atom is 0.293 e. The number of carbonyl (C=O) groups excluding carboxylic acids is 1. The Labute approximate surface area is 134 Å². The van der Waals surface area contributed by atoms with Crippen LogP contribution in [0.3, 0.4) is 0 Å². The predicted octanol–water partition coefficient (Wildman–Crippen LogP) is 3.08. The number of hydrogen-bond acceptors (Lipinski definition) is 5. The highest BCUT2D eigenvalue weighted by atomic mass is 16.6. The zero-order valence-electron chi connectivity index (χ0n) is 13.2. The average Bonchev–Trinajstić information content (AvgIpc) is 2.53. The van der Waals surface area contributed by atoms with Crippen molar-refractivity contribution in [2.45, 2.75) is 13.1 Å². The van der Waals surface area contributed by atoms with E-state index >= 15 is 0 Å². The molecule has 0 radical (unpaired) electrons. The van der Waals surface area contributed by atoms with Crippen molar-refractivity contribution in [3.8, 4) is 0 Å². The summed E-state index contributed by atoms with van der Waals surface area (Å²) in [6, 6.07) is 12.5. The Morgan fingerprint density at radius 2 is 1.78 bits per heavy atom. The number of anilines is 1. The number of nitro benzene ring substituents is 1. The van der Waals surface area contributed by atoms with Gasteiger partial charge in [0, 0.05) is 24.7 Å². The van der Waals surface area contributed by atoms with Crippen molar-refractivity contribution in [1.29, 1.82) is 0 Å². The van der Waals surface area contributed by atoms with E-state index in [1.165, 1.54) is 11.6 Å². The molecule has 0 aromatic heterocycles. The number of carbonyl (C=O) groups is 1. The van der Waals surface area contributed by atoms with E-state index in [2.05, 4.69) is 10.2 Å². The van der Waals surface area contributed by atoms with Crippen LogP contribution < -0.4 is 5.32 Å². The molecular weight excluding hydrogens is 294 g/mol. The highest BCUT2D eigenvalue weighted by Gasteiger charge is 2.14. The lowest BCUT2D eigenvalue weighted by molar-refractivity contribution is -0.384. The van der Waals surface area contributed by atoms with Gasteiger partial charge < -0.3 is 10.2 Å². The minimum absolute atomic E-state index is 0.0983. The van der Waals surface area contributed by atoms with Crippen LogP contribution in [-0.4, -0.2) is 30.2 Å². The molecule has 120 valence electrons. The number of benzene rings is 2. The second kappa shape index (κ2) is 7.51. The molecule has 6 nitrogen and oxygen atoms in total. The Morgan fingerprint density at radius 3 is 2.35 bits per heavy atom. The highest BCUT2D eigenvalue weighted by Crippen LogP contribution is 2.25. The third-order valence-corrected chi connectivity index (χ3v) is 3.36. The lowest BCUT2D eigenvalue weighted by Gasteiger charge is -2.11. The molecule has 0 aliphatic rings. The first-order valence-corrected chi connectivity index (χ1v) is 7.19. The Bertz CT molecular complexity index is 697. The molecule has 0 bridgehead atoms. The molecule has 0 heterocycles. The van der Waals surface area contributed by atoms with Gasteiger partial charge in [0.2, 0.25) is 0 Å². The molecule has 0 aliphatic carbocycles. The summed E-state index contributed by atoms with van der Waals surface area (Å²) in [7, 11) is 4.02. The fourth-order valence-corrected chi connectivity index (χ4v) is 2.25. The van der Waals surface area contributed by atoms with Crippen LogP contribution in [0, 0.1) is 10.1 Å². The monoisotopic (exact) mass is 313 g/mol. The van der Waals surface area contributed by atoms with Crippen LogP contribution in [0.1, 0.15) is 21.5 Å². The van der Waals surface area contributed by atoms with E-state index in [0.29, 0.717) is 18.5 Å². The van der Waals surface area contributed by atoms with Gasteiger partial charge in [-0.05, 0) is 37.4 Å². The fourth-order valence-electron chi connectivity index (χ4n) is 2.25. The molecular formula is C17H19N3O3. The molecule has 0 saturated heterocycles. The van der Waals surface area contributed by atoms with E-state index in [1.807, 2.05) is 38.4 Å². The van der Waals surface area contributed by atoms with E-state index in [4.69, 9.17) is 0 Å². The molecule has 23 heavy (non-hydrogen) atoms. The van der Waals surface area contributed by atoms with Crippen molar-refractivity contribution < 1.29 is 9.72 Å². The van der Waals surface area contributed by atoms with Crippen molar-refractivity contribution in [2.24, 2.45) is 0 Å². The number of aldehydes is 1. The normalized spacial score (nSPS) is 10.6. The molecule has 0 aliphatic heterocycles. The Morgan fingerprint density at radius 1 is 1.13 bits per heavy atom. The zero-order valence-corrected chi connectivity index (χ0v) is 13.2. The van der Waals surface area contributed by atoms with Gasteiger partial charge in [-0.25, -0.2) is 0 Å². The van der Waals surface area contributed by atoms with Gasteiger partial charge in [0.1, 0.15) is 12.0 Å². The van der Waals surface area contributed by atoms with Crippen LogP contribution in [0.25, 0.3) is 0 Å². The molecule has 0 atom stereocenters. The largest absolute Gasteiger partial charge is 0.375 e. The molecule has 2 rings (SSSR count). The second-order valence-electron chi connectivity index (χ2n) is 5.56. The lowest BCUT2D eigenvalue weighted by atomic mass is 10.1. The highest BCUT2D eigenvalue weighted by molar-refractivity contribution is 5.79. The van der Waals surface area contributed by atoms with Gasteiger partial charge in [-0.2, -0.15) is 0 Å². The Hall–Kier alpha value is -2.73.